The van der Waals surface area contributed by atoms with Crippen LogP contribution in [0.1, 0.15) is 12.8 Å². The standard InChI is InChI=1S/C13H17FN2O3/c1-15-6-4-10(5-7-15)9-19-13-3-2-11(14)8-12(13)16(17)18/h2-3,8,10H,4-7,9H2,1H3. The lowest BCUT2D eigenvalue weighted by Crippen LogP contribution is -2.32. The first-order valence-electron chi connectivity index (χ1n) is 6.31. The Balaban J connectivity index is 1.97. The van der Waals surface area contributed by atoms with Crippen LogP contribution in [0, 0.1) is 21.8 Å². The van der Waals surface area contributed by atoms with E-state index in [-0.39, 0.29) is 11.4 Å². The van der Waals surface area contributed by atoms with Gasteiger partial charge in [0.05, 0.1) is 17.6 Å². The minimum absolute atomic E-state index is 0.144. The van der Waals surface area contributed by atoms with Crippen molar-refractivity contribution in [1.82, 2.24) is 4.90 Å². The van der Waals surface area contributed by atoms with Gasteiger partial charge in [0.15, 0.2) is 5.75 Å². The second kappa shape index (κ2) is 5.97. The van der Waals surface area contributed by atoms with Crippen LogP contribution >= 0.6 is 0 Å². The van der Waals surface area contributed by atoms with Crippen LogP contribution in [0.5, 0.6) is 5.75 Å². The highest BCUT2D eigenvalue weighted by molar-refractivity contribution is 5.46. The predicted octanol–water partition coefficient (Wildman–Crippen LogP) is 2.45. The number of nitrogens with zero attached hydrogens (tertiary/aromatic N) is 2. The minimum atomic E-state index is -0.627. The van der Waals surface area contributed by atoms with E-state index < -0.39 is 10.7 Å². The molecule has 104 valence electrons. The fraction of sp³-hybridized carbons (Fsp3) is 0.538. The summed E-state index contributed by atoms with van der Waals surface area (Å²) in [7, 11) is 2.07. The second-order valence-electron chi connectivity index (χ2n) is 4.93. The van der Waals surface area contributed by atoms with Gasteiger partial charge in [-0.25, -0.2) is 4.39 Å². The highest BCUT2D eigenvalue weighted by Gasteiger charge is 2.20. The van der Waals surface area contributed by atoms with E-state index in [1.54, 1.807) is 0 Å². The van der Waals surface area contributed by atoms with E-state index in [9.17, 15) is 14.5 Å². The second-order valence-corrected chi connectivity index (χ2v) is 4.93. The minimum Gasteiger partial charge on any atom is -0.487 e. The molecule has 1 aliphatic heterocycles. The summed E-state index contributed by atoms with van der Waals surface area (Å²) in [6.45, 7) is 2.47. The van der Waals surface area contributed by atoms with Gasteiger partial charge in [-0.3, -0.25) is 10.1 Å². The maximum Gasteiger partial charge on any atom is 0.313 e. The Morgan fingerprint density at radius 3 is 2.79 bits per heavy atom. The molecule has 2 rings (SSSR count). The van der Waals surface area contributed by atoms with E-state index in [4.69, 9.17) is 4.74 Å². The molecule has 0 saturated carbocycles. The molecule has 0 N–H and O–H groups in total. The summed E-state index contributed by atoms with van der Waals surface area (Å²) < 4.78 is 18.5. The largest absolute Gasteiger partial charge is 0.487 e. The summed E-state index contributed by atoms with van der Waals surface area (Å²) >= 11 is 0. The number of likely N-dealkylation sites (tertiary alicyclic amines) is 1. The van der Waals surface area contributed by atoms with Gasteiger partial charge in [0.1, 0.15) is 5.82 Å². The monoisotopic (exact) mass is 268 g/mol. The normalized spacial score (nSPS) is 17.4. The topological polar surface area (TPSA) is 55.6 Å². The van der Waals surface area contributed by atoms with Gasteiger partial charge in [0, 0.05) is 0 Å². The van der Waals surface area contributed by atoms with Gasteiger partial charge in [-0.05, 0) is 51.0 Å². The van der Waals surface area contributed by atoms with Crippen molar-refractivity contribution in [2.24, 2.45) is 5.92 Å². The van der Waals surface area contributed by atoms with Gasteiger partial charge < -0.3 is 9.64 Å². The van der Waals surface area contributed by atoms with Gasteiger partial charge in [0.25, 0.3) is 0 Å². The van der Waals surface area contributed by atoms with E-state index in [1.165, 1.54) is 12.1 Å². The predicted molar refractivity (Wildman–Crippen MR) is 68.8 cm³/mol. The van der Waals surface area contributed by atoms with E-state index in [0.717, 1.165) is 32.0 Å². The molecule has 0 atom stereocenters. The number of hydrogen-bond acceptors (Lipinski definition) is 4. The molecule has 0 amide bonds. The molecule has 1 aromatic carbocycles. The molecule has 0 unspecified atom stereocenters. The molecule has 1 aromatic rings. The fourth-order valence-electron chi connectivity index (χ4n) is 2.19. The van der Waals surface area contributed by atoms with Crippen LogP contribution in [-0.4, -0.2) is 36.6 Å². The van der Waals surface area contributed by atoms with E-state index in [2.05, 4.69) is 11.9 Å². The molecule has 0 radical (unpaired) electrons. The van der Waals surface area contributed by atoms with Crippen molar-refractivity contribution in [1.29, 1.82) is 0 Å². The molecular weight excluding hydrogens is 251 g/mol. The number of piperidine rings is 1. The van der Waals surface area contributed by atoms with E-state index in [1.807, 2.05) is 0 Å². The van der Waals surface area contributed by atoms with Crippen molar-refractivity contribution in [3.05, 3.63) is 34.1 Å². The zero-order valence-corrected chi connectivity index (χ0v) is 10.8. The molecule has 1 fully saturated rings. The Hall–Kier alpha value is -1.69. The lowest BCUT2D eigenvalue weighted by atomic mass is 9.98. The Kier molecular flexibility index (Phi) is 4.31. The van der Waals surface area contributed by atoms with E-state index >= 15 is 0 Å². The average Bonchev–Trinajstić information content (AvgIpc) is 2.39. The number of benzene rings is 1. The van der Waals surface area contributed by atoms with Gasteiger partial charge in [0.2, 0.25) is 0 Å². The summed E-state index contributed by atoms with van der Waals surface area (Å²) in [5.41, 5.74) is -0.312. The van der Waals surface area contributed by atoms with Gasteiger partial charge in [-0.1, -0.05) is 0 Å². The molecule has 0 spiro atoms. The van der Waals surface area contributed by atoms with Crippen LogP contribution in [0.4, 0.5) is 10.1 Å². The third-order valence-corrected chi connectivity index (χ3v) is 3.43. The Morgan fingerprint density at radius 1 is 1.47 bits per heavy atom. The third-order valence-electron chi connectivity index (χ3n) is 3.43. The SMILES string of the molecule is CN1CCC(COc2ccc(F)cc2[N+](=O)[O-])CC1. The molecule has 6 heteroatoms. The quantitative estimate of drug-likeness (QED) is 0.621. The van der Waals surface area contributed by atoms with E-state index in [0.29, 0.717) is 12.5 Å². The van der Waals surface area contributed by atoms with Crippen LogP contribution in [0.2, 0.25) is 0 Å². The van der Waals surface area contributed by atoms with Crippen molar-refractivity contribution in [3.8, 4) is 5.75 Å². The van der Waals surface area contributed by atoms with Crippen LogP contribution in [0.3, 0.4) is 0 Å². The van der Waals surface area contributed by atoms with Gasteiger partial charge in [-0.2, -0.15) is 0 Å². The maximum atomic E-state index is 13.0. The van der Waals surface area contributed by atoms with Crippen molar-refractivity contribution in [2.75, 3.05) is 26.7 Å². The van der Waals surface area contributed by atoms with Crippen LogP contribution < -0.4 is 4.74 Å². The van der Waals surface area contributed by atoms with Gasteiger partial charge >= 0.3 is 5.69 Å². The molecule has 0 aromatic heterocycles. The highest BCUT2D eigenvalue weighted by atomic mass is 19.1. The molecular formula is C13H17FN2O3. The smallest absolute Gasteiger partial charge is 0.313 e. The zero-order chi connectivity index (χ0) is 13.8. The number of halogens is 1. The lowest BCUT2D eigenvalue weighted by Gasteiger charge is -2.28. The summed E-state index contributed by atoms with van der Waals surface area (Å²) in [6, 6.07) is 3.39. The number of nitro benzene ring substituents is 1. The molecule has 19 heavy (non-hydrogen) atoms. The molecule has 5 nitrogen and oxygen atoms in total. The first kappa shape index (κ1) is 13.7. The lowest BCUT2D eigenvalue weighted by molar-refractivity contribution is -0.386. The number of ether oxygens (including phenoxy) is 1. The van der Waals surface area contributed by atoms with Gasteiger partial charge in [-0.15, -0.1) is 0 Å². The summed E-state index contributed by atoms with van der Waals surface area (Å²) in [4.78, 5) is 12.4. The van der Waals surface area contributed by atoms with Crippen LogP contribution in [0.25, 0.3) is 0 Å². The van der Waals surface area contributed by atoms with Crippen molar-refractivity contribution in [2.45, 2.75) is 12.8 Å². The molecule has 1 heterocycles. The Labute approximate surface area is 111 Å². The Morgan fingerprint density at radius 2 is 2.16 bits per heavy atom. The van der Waals surface area contributed by atoms with Crippen molar-refractivity contribution in [3.63, 3.8) is 0 Å². The van der Waals surface area contributed by atoms with Crippen molar-refractivity contribution >= 4 is 5.69 Å². The molecule has 0 aliphatic carbocycles. The number of nitro groups is 1. The average molecular weight is 268 g/mol. The number of rotatable bonds is 4. The molecule has 1 saturated heterocycles. The summed E-state index contributed by atoms with van der Waals surface area (Å²) in [6.07, 6.45) is 2.04. The fourth-order valence-corrected chi connectivity index (χ4v) is 2.19. The maximum absolute atomic E-state index is 13.0. The first-order chi connectivity index (χ1) is 9.06. The summed E-state index contributed by atoms with van der Waals surface area (Å²) in [5, 5.41) is 10.8. The van der Waals surface area contributed by atoms with Crippen LogP contribution in [0.15, 0.2) is 18.2 Å². The third kappa shape index (κ3) is 3.64. The zero-order valence-electron chi connectivity index (χ0n) is 10.8. The first-order valence-corrected chi connectivity index (χ1v) is 6.31. The highest BCUT2D eigenvalue weighted by Crippen LogP contribution is 2.28. The Bertz CT molecular complexity index is 459. The molecule has 1 aliphatic rings. The molecule has 0 bridgehead atoms. The number of hydrogen-bond donors (Lipinski definition) is 0. The summed E-state index contributed by atoms with van der Waals surface area (Å²) in [5.74, 6) is -0.0791. The van der Waals surface area contributed by atoms with Crippen molar-refractivity contribution < 1.29 is 14.1 Å². The van der Waals surface area contributed by atoms with Crippen LogP contribution in [-0.2, 0) is 0 Å².